The Bertz CT molecular complexity index is 1140. The Hall–Kier alpha value is -3.22. The quantitative estimate of drug-likeness (QED) is 0.448. The minimum absolute atomic E-state index is 0.220. The van der Waals surface area contributed by atoms with E-state index < -0.39 is 0 Å². The third kappa shape index (κ3) is 4.24. The van der Waals surface area contributed by atoms with Gasteiger partial charge in [-0.05, 0) is 54.1 Å². The first kappa shape index (κ1) is 20.7. The second-order valence-electron chi connectivity index (χ2n) is 8.26. The van der Waals surface area contributed by atoms with Gasteiger partial charge in [-0.15, -0.1) is 0 Å². The molecular weight excluding hydrogens is 401 g/mol. The first-order chi connectivity index (χ1) is 15.7. The lowest BCUT2D eigenvalue weighted by Gasteiger charge is -2.33. The van der Waals surface area contributed by atoms with Crippen LogP contribution in [0.1, 0.15) is 12.5 Å². The summed E-state index contributed by atoms with van der Waals surface area (Å²) < 4.78 is 17.4. The number of hydrogen-bond acceptors (Lipinski definition) is 3. The number of halogens is 1. The van der Waals surface area contributed by atoms with Crippen molar-refractivity contribution in [1.82, 2.24) is 24.1 Å². The van der Waals surface area contributed by atoms with E-state index in [-0.39, 0.29) is 5.82 Å². The third-order valence-corrected chi connectivity index (χ3v) is 6.26. The summed E-state index contributed by atoms with van der Waals surface area (Å²) in [5, 5.41) is 4.76. The maximum absolute atomic E-state index is 13.3. The molecule has 5 rings (SSSR count). The van der Waals surface area contributed by atoms with Crippen LogP contribution in [0.3, 0.4) is 0 Å². The second-order valence-corrected chi connectivity index (χ2v) is 8.26. The molecule has 3 heterocycles. The molecule has 0 unspecified atom stereocenters. The van der Waals surface area contributed by atoms with Crippen molar-refractivity contribution in [1.29, 1.82) is 0 Å². The van der Waals surface area contributed by atoms with Crippen LogP contribution in [0.15, 0.2) is 79.3 Å². The van der Waals surface area contributed by atoms with Crippen LogP contribution in [0.4, 0.5) is 4.39 Å². The normalized spacial score (nSPS) is 15.3. The molecule has 0 spiro atoms. The number of benzene rings is 2. The van der Waals surface area contributed by atoms with Gasteiger partial charge >= 0.3 is 0 Å². The van der Waals surface area contributed by atoms with Crippen LogP contribution in [-0.2, 0) is 6.54 Å². The molecule has 6 heteroatoms. The maximum atomic E-state index is 13.3. The molecule has 2 aromatic heterocycles. The number of aromatic nitrogens is 3. The fourth-order valence-corrected chi connectivity index (χ4v) is 4.37. The van der Waals surface area contributed by atoms with E-state index in [2.05, 4.69) is 57.9 Å². The summed E-state index contributed by atoms with van der Waals surface area (Å²) >= 11 is 0. The van der Waals surface area contributed by atoms with Gasteiger partial charge in [0, 0.05) is 50.7 Å². The molecule has 0 aliphatic carbocycles. The molecule has 4 aromatic rings. The van der Waals surface area contributed by atoms with Crippen LogP contribution in [0.25, 0.3) is 22.6 Å². The number of likely N-dealkylation sites (N-methyl/N-ethyl adjacent to an activating group) is 1. The molecule has 1 aliphatic rings. The number of piperazine rings is 1. The zero-order chi connectivity index (χ0) is 21.9. The minimum Gasteiger partial charge on any atom is -0.308 e. The lowest BCUT2D eigenvalue weighted by Crippen LogP contribution is -2.45. The zero-order valence-corrected chi connectivity index (χ0v) is 18.4. The van der Waals surface area contributed by atoms with E-state index in [1.807, 2.05) is 23.0 Å². The van der Waals surface area contributed by atoms with Gasteiger partial charge in [-0.2, -0.15) is 5.10 Å². The largest absolute Gasteiger partial charge is 0.308 e. The Morgan fingerprint density at radius 1 is 0.812 bits per heavy atom. The van der Waals surface area contributed by atoms with Gasteiger partial charge in [0.25, 0.3) is 0 Å². The molecule has 0 N–H and O–H groups in total. The number of hydrogen-bond donors (Lipinski definition) is 0. The van der Waals surface area contributed by atoms with E-state index in [1.165, 1.54) is 17.7 Å². The SMILES string of the molecule is CCN1CCN(Cc2cnn(-c3ccc(-c4ccc(F)cc4)cc3)c2-n2cccc2)CC1. The Morgan fingerprint density at radius 3 is 2.03 bits per heavy atom. The molecule has 0 bridgehead atoms. The molecular formula is C26H28FN5. The van der Waals surface area contributed by atoms with Crippen LogP contribution < -0.4 is 0 Å². The smallest absolute Gasteiger partial charge is 0.144 e. The van der Waals surface area contributed by atoms with Gasteiger partial charge in [-0.1, -0.05) is 31.2 Å². The lowest BCUT2D eigenvalue weighted by atomic mass is 10.1. The van der Waals surface area contributed by atoms with Gasteiger partial charge in [0.2, 0.25) is 0 Å². The molecule has 164 valence electrons. The van der Waals surface area contributed by atoms with Gasteiger partial charge < -0.3 is 9.47 Å². The van der Waals surface area contributed by atoms with Crippen molar-refractivity contribution < 1.29 is 4.39 Å². The molecule has 0 saturated carbocycles. The fraction of sp³-hybridized carbons (Fsp3) is 0.269. The summed E-state index contributed by atoms with van der Waals surface area (Å²) in [6.07, 6.45) is 6.13. The molecule has 1 fully saturated rings. The van der Waals surface area contributed by atoms with Crippen molar-refractivity contribution in [2.45, 2.75) is 13.5 Å². The van der Waals surface area contributed by atoms with Gasteiger partial charge in [-0.25, -0.2) is 9.07 Å². The Kier molecular flexibility index (Phi) is 5.88. The van der Waals surface area contributed by atoms with Crippen LogP contribution >= 0.6 is 0 Å². The number of nitrogens with zero attached hydrogens (tertiary/aromatic N) is 5. The van der Waals surface area contributed by atoms with Crippen molar-refractivity contribution in [2.75, 3.05) is 32.7 Å². The Labute approximate surface area is 188 Å². The maximum Gasteiger partial charge on any atom is 0.144 e. The van der Waals surface area contributed by atoms with E-state index in [4.69, 9.17) is 5.10 Å². The average Bonchev–Trinajstić information content (AvgIpc) is 3.50. The highest BCUT2D eigenvalue weighted by Crippen LogP contribution is 2.25. The van der Waals surface area contributed by atoms with Crippen LogP contribution in [0.5, 0.6) is 0 Å². The first-order valence-corrected chi connectivity index (χ1v) is 11.2. The summed E-state index contributed by atoms with van der Waals surface area (Å²) in [6.45, 7) is 8.63. The topological polar surface area (TPSA) is 29.2 Å². The highest BCUT2D eigenvalue weighted by atomic mass is 19.1. The summed E-state index contributed by atoms with van der Waals surface area (Å²) in [6, 6.07) is 18.9. The first-order valence-electron chi connectivity index (χ1n) is 11.2. The second kappa shape index (κ2) is 9.10. The third-order valence-electron chi connectivity index (χ3n) is 6.26. The zero-order valence-electron chi connectivity index (χ0n) is 18.4. The van der Waals surface area contributed by atoms with Crippen LogP contribution in [0, 0.1) is 5.82 Å². The van der Waals surface area contributed by atoms with Crippen LogP contribution in [0.2, 0.25) is 0 Å². The molecule has 0 radical (unpaired) electrons. The average molecular weight is 430 g/mol. The summed E-state index contributed by atoms with van der Waals surface area (Å²) in [5.41, 5.74) is 4.27. The van der Waals surface area contributed by atoms with Crippen LogP contribution in [-0.4, -0.2) is 56.9 Å². The molecule has 0 atom stereocenters. The molecule has 2 aromatic carbocycles. The molecule has 1 aliphatic heterocycles. The van der Waals surface area contributed by atoms with Crippen molar-refractivity contribution in [3.05, 3.63) is 90.6 Å². The standard InChI is InChI=1S/C26H28FN5/c1-2-29-15-17-30(18-16-29)20-23-19-28-32(26(23)31-13-3-4-14-31)25-11-7-22(8-12-25)21-5-9-24(27)10-6-21/h3-14,19H,2,15-18,20H2,1H3. The highest BCUT2D eigenvalue weighted by Gasteiger charge is 2.20. The fourth-order valence-electron chi connectivity index (χ4n) is 4.37. The minimum atomic E-state index is -0.220. The number of rotatable bonds is 6. The summed E-state index contributed by atoms with van der Waals surface area (Å²) in [7, 11) is 0. The molecule has 0 amide bonds. The predicted octanol–water partition coefficient (Wildman–Crippen LogP) is 4.61. The predicted molar refractivity (Wildman–Crippen MR) is 126 cm³/mol. The van der Waals surface area contributed by atoms with E-state index >= 15 is 0 Å². The van der Waals surface area contributed by atoms with Crippen molar-refractivity contribution in [3.63, 3.8) is 0 Å². The molecule has 1 saturated heterocycles. The Morgan fingerprint density at radius 2 is 1.41 bits per heavy atom. The van der Waals surface area contributed by atoms with E-state index in [0.717, 1.165) is 61.9 Å². The van der Waals surface area contributed by atoms with E-state index in [1.54, 1.807) is 12.1 Å². The van der Waals surface area contributed by atoms with Gasteiger partial charge in [0.15, 0.2) is 0 Å². The van der Waals surface area contributed by atoms with Crippen molar-refractivity contribution >= 4 is 0 Å². The lowest BCUT2D eigenvalue weighted by molar-refractivity contribution is 0.132. The van der Waals surface area contributed by atoms with Gasteiger partial charge in [-0.3, -0.25) is 4.90 Å². The van der Waals surface area contributed by atoms with Crippen molar-refractivity contribution in [3.8, 4) is 22.6 Å². The molecule has 32 heavy (non-hydrogen) atoms. The van der Waals surface area contributed by atoms with Gasteiger partial charge in [0.05, 0.1) is 11.9 Å². The molecule has 5 nitrogen and oxygen atoms in total. The van der Waals surface area contributed by atoms with Gasteiger partial charge in [0.1, 0.15) is 11.6 Å². The summed E-state index contributed by atoms with van der Waals surface area (Å²) in [4.78, 5) is 5.01. The summed E-state index contributed by atoms with van der Waals surface area (Å²) in [5.74, 6) is 0.851. The van der Waals surface area contributed by atoms with E-state index in [9.17, 15) is 4.39 Å². The highest BCUT2D eigenvalue weighted by molar-refractivity contribution is 5.64. The monoisotopic (exact) mass is 429 g/mol. The van der Waals surface area contributed by atoms with Crippen molar-refractivity contribution in [2.24, 2.45) is 0 Å². The Balaban J connectivity index is 1.43. The van der Waals surface area contributed by atoms with E-state index in [0.29, 0.717) is 0 Å².